The van der Waals surface area contributed by atoms with E-state index in [0.717, 1.165) is 30.3 Å². The molecule has 1 amide bonds. The molecule has 0 aromatic heterocycles. The molecule has 0 bridgehead atoms. The second-order valence-corrected chi connectivity index (χ2v) is 9.50. The molecular weight excluding hydrogens is 516 g/mol. The molecule has 0 fully saturated rings. The molecule has 0 saturated heterocycles. The van der Waals surface area contributed by atoms with Gasteiger partial charge in [0, 0.05) is 11.6 Å². The largest absolute Gasteiger partial charge is 0.454 e. The number of carbonyl (C=O) groups is 1. The minimum atomic E-state index is -4.85. The zero-order valence-corrected chi connectivity index (χ0v) is 19.0. The number of ether oxygens (including phenoxy) is 2. The van der Waals surface area contributed by atoms with Crippen molar-refractivity contribution in [2.24, 2.45) is 0 Å². The fraction of sp³-hybridized carbons (Fsp3) is 0.136. The third-order valence-electron chi connectivity index (χ3n) is 4.93. The molecular formula is C22H15ClF4N2O5S. The molecule has 7 nitrogen and oxygen atoms in total. The van der Waals surface area contributed by atoms with Gasteiger partial charge in [-0.25, -0.2) is 17.5 Å². The van der Waals surface area contributed by atoms with Crippen LogP contribution in [0, 0.1) is 5.82 Å². The van der Waals surface area contributed by atoms with Gasteiger partial charge in [0.05, 0.1) is 21.7 Å². The van der Waals surface area contributed by atoms with Gasteiger partial charge in [-0.15, -0.1) is 0 Å². The molecule has 0 aliphatic carbocycles. The van der Waals surface area contributed by atoms with Gasteiger partial charge in [-0.1, -0.05) is 17.7 Å². The minimum absolute atomic E-state index is 0.0470. The van der Waals surface area contributed by atoms with Gasteiger partial charge in [-0.3, -0.25) is 4.79 Å². The highest BCUT2D eigenvalue weighted by atomic mass is 35.5. The van der Waals surface area contributed by atoms with Gasteiger partial charge in [0.25, 0.3) is 5.91 Å². The molecule has 35 heavy (non-hydrogen) atoms. The Morgan fingerprint density at radius 2 is 1.74 bits per heavy atom. The Morgan fingerprint density at radius 3 is 2.49 bits per heavy atom. The summed E-state index contributed by atoms with van der Waals surface area (Å²) in [6.07, 6.45) is -4.85. The van der Waals surface area contributed by atoms with E-state index in [4.69, 9.17) is 21.1 Å². The Kier molecular flexibility index (Phi) is 6.62. The van der Waals surface area contributed by atoms with Crippen LogP contribution in [-0.4, -0.2) is 21.1 Å². The first kappa shape index (κ1) is 24.8. The quantitative estimate of drug-likeness (QED) is 0.440. The lowest BCUT2D eigenvalue weighted by atomic mass is 10.1. The average molecular weight is 531 g/mol. The maximum atomic E-state index is 14.3. The van der Waals surface area contributed by atoms with Crippen molar-refractivity contribution in [1.29, 1.82) is 0 Å². The van der Waals surface area contributed by atoms with Crippen molar-refractivity contribution < 1.29 is 40.2 Å². The molecule has 0 unspecified atom stereocenters. The second-order valence-electron chi connectivity index (χ2n) is 7.30. The number of alkyl halides is 3. The molecule has 1 aliphatic heterocycles. The molecule has 1 heterocycles. The SMILES string of the molecule is O=C(Nc1ccc(Cl)cc1C(F)(F)F)c1cc(S(=O)(=O)NCc2ccc3c(c2)OCO3)ccc1F. The molecule has 1 aliphatic rings. The summed E-state index contributed by atoms with van der Waals surface area (Å²) in [4.78, 5) is 12.1. The van der Waals surface area contributed by atoms with Gasteiger partial charge >= 0.3 is 6.18 Å². The number of benzene rings is 3. The van der Waals surface area contributed by atoms with E-state index in [1.165, 1.54) is 0 Å². The number of hydrogen-bond acceptors (Lipinski definition) is 5. The standard InChI is InChI=1S/C22H15ClF4N2O5S/c23-13-2-5-18(16(8-13)22(25,26)27)29-21(30)15-9-14(3-4-17(15)24)35(31,32)28-10-12-1-6-19-20(7-12)34-11-33-19/h1-9,28H,10-11H2,(H,29,30). The molecule has 184 valence electrons. The summed E-state index contributed by atoms with van der Waals surface area (Å²) in [6, 6.07) is 9.83. The molecule has 0 spiro atoms. The summed E-state index contributed by atoms with van der Waals surface area (Å²) in [7, 11) is -4.22. The monoisotopic (exact) mass is 530 g/mol. The van der Waals surface area contributed by atoms with E-state index < -0.39 is 49.6 Å². The third-order valence-corrected chi connectivity index (χ3v) is 6.57. The summed E-state index contributed by atoms with van der Waals surface area (Å²) >= 11 is 5.61. The van der Waals surface area contributed by atoms with Crippen LogP contribution in [0.1, 0.15) is 21.5 Å². The van der Waals surface area contributed by atoms with Gasteiger partial charge in [0.1, 0.15) is 5.82 Å². The summed E-state index contributed by atoms with van der Waals surface area (Å²) in [5.74, 6) is -1.44. The molecule has 3 aromatic rings. The fourth-order valence-corrected chi connectivity index (χ4v) is 4.42. The van der Waals surface area contributed by atoms with E-state index in [-0.39, 0.29) is 18.4 Å². The lowest BCUT2D eigenvalue weighted by Crippen LogP contribution is -2.24. The van der Waals surface area contributed by atoms with Crippen LogP contribution in [0.3, 0.4) is 0 Å². The van der Waals surface area contributed by atoms with Gasteiger partial charge in [-0.2, -0.15) is 13.2 Å². The maximum Gasteiger partial charge on any atom is 0.418 e. The number of anilines is 1. The topological polar surface area (TPSA) is 93.7 Å². The minimum Gasteiger partial charge on any atom is -0.454 e. The highest BCUT2D eigenvalue weighted by Gasteiger charge is 2.34. The van der Waals surface area contributed by atoms with Crippen LogP contribution in [0.25, 0.3) is 0 Å². The number of rotatable bonds is 6. The summed E-state index contributed by atoms with van der Waals surface area (Å²) in [5, 5.41) is 1.74. The number of fused-ring (bicyclic) bond motifs is 1. The number of amides is 1. The van der Waals surface area contributed by atoms with Crippen molar-refractivity contribution >= 4 is 33.2 Å². The molecule has 13 heteroatoms. The third kappa shape index (κ3) is 5.50. The van der Waals surface area contributed by atoms with Crippen molar-refractivity contribution in [3.8, 4) is 11.5 Å². The maximum absolute atomic E-state index is 14.3. The number of halogens is 5. The second kappa shape index (κ2) is 9.36. The average Bonchev–Trinajstić information content (AvgIpc) is 3.26. The number of nitrogens with one attached hydrogen (secondary N) is 2. The molecule has 0 radical (unpaired) electrons. The normalized spacial score (nSPS) is 13.1. The van der Waals surface area contributed by atoms with Gasteiger partial charge < -0.3 is 14.8 Å². The Bertz CT molecular complexity index is 1410. The number of sulfonamides is 1. The van der Waals surface area contributed by atoms with Crippen LogP contribution >= 0.6 is 11.6 Å². The number of carbonyl (C=O) groups excluding carboxylic acids is 1. The van der Waals surface area contributed by atoms with Crippen LogP contribution in [0.2, 0.25) is 5.02 Å². The number of hydrogen-bond donors (Lipinski definition) is 2. The molecule has 0 atom stereocenters. The zero-order chi connectivity index (χ0) is 25.4. The Morgan fingerprint density at radius 1 is 1.00 bits per heavy atom. The first-order valence-electron chi connectivity index (χ1n) is 9.80. The molecule has 2 N–H and O–H groups in total. The van der Waals surface area contributed by atoms with E-state index in [2.05, 4.69) is 4.72 Å². The van der Waals surface area contributed by atoms with E-state index in [0.29, 0.717) is 23.1 Å². The van der Waals surface area contributed by atoms with E-state index in [9.17, 15) is 30.8 Å². The summed E-state index contributed by atoms with van der Waals surface area (Å²) in [6.45, 7) is -0.108. The Balaban J connectivity index is 1.55. The van der Waals surface area contributed by atoms with Crippen LogP contribution in [-0.2, 0) is 22.7 Å². The van der Waals surface area contributed by atoms with Crippen molar-refractivity contribution in [3.05, 3.63) is 82.1 Å². The van der Waals surface area contributed by atoms with Crippen LogP contribution in [0.15, 0.2) is 59.5 Å². The summed E-state index contributed by atoms with van der Waals surface area (Å²) < 4.78 is 92.4. The van der Waals surface area contributed by atoms with Crippen molar-refractivity contribution in [1.82, 2.24) is 4.72 Å². The van der Waals surface area contributed by atoms with Crippen molar-refractivity contribution in [2.45, 2.75) is 17.6 Å². The van der Waals surface area contributed by atoms with Gasteiger partial charge in [0.15, 0.2) is 11.5 Å². The Hall–Kier alpha value is -3.35. The van der Waals surface area contributed by atoms with Gasteiger partial charge in [0.2, 0.25) is 16.8 Å². The van der Waals surface area contributed by atoms with E-state index in [1.54, 1.807) is 18.2 Å². The lowest BCUT2D eigenvalue weighted by Gasteiger charge is -2.15. The lowest BCUT2D eigenvalue weighted by molar-refractivity contribution is -0.136. The molecule has 0 saturated carbocycles. The summed E-state index contributed by atoms with van der Waals surface area (Å²) in [5.41, 5.74) is -2.13. The highest BCUT2D eigenvalue weighted by Crippen LogP contribution is 2.37. The highest BCUT2D eigenvalue weighted by molar-refractivity contribution is 7.89. The van der Waals surface area contributed by atoms with Crippen LogP contribution in [0.4, 0.5) is 23.2 Å². The van der Waals surface area contributed by atoms with Gasteiger partial charge in [-0.05, 0) is 54.1 Å². The predicted octanol–water partition coefficient (Wildman–Crippen LogP) is 4.96. The fourth-order valence-electron chi connectivity index (χ4n) is 3.21. The predicted molar refractivity (Wildman–Crippen MR) is 117 cm³/mol. The molecule has 4 rings (SSSR count). The Labute approximate surface area is 201 Å². The smallest absolute Gasteiger partial charge is 0.418 e. The van der Waals surface area contributed by atoms with E-state index >= 15 is 0 Å². The van der Waals surface area contributed by atoms with E-state index in [1.807, 2.05) is 5.32 Å². The van der Waals surface area contributed by atoms with Crippen LogP contribution < -0.4 is 19.5 Å². The van der Waals surface area contributed by atoms with Crippen molar-refractivity contribution in [3.63, 3.8) is 0 Å². The zero-order valence-electron chi connectivity index (χ0n) is 17.4. The molecule has 3 aromatic carbocycles. The van der Waals surface area contributed by atoms with Crippen LogP contribution in [0.5, 0.6) is 11.5 Å². The first-order chi connectivity index (χ1) is 16.4. The first-order valence-corrected chi connectivity index (χ1v) is 11.7. The van der Waals surface area contributed by atoms with Crippen molar-refractivity contribution in [2.75, 3.05) is 12.1 Å².